The second-order valence-electron chi connectivity index (χ2n) is 6.09. The molecule has 1 N–H and O–H groups in total. The Hall–Kier alpha value is -2.38. The van der Waals surface area contributed by atoms with Crippen LogP contribution in [0.4, 0.5) is 0 Å². The predicted molar refractivity (Wildman–Crippen MR) is 105 cm³/mol. The highest BCUT2D eigenvalue weighted by atomic mass is 32.2. The molecule has 0 bridgehead atoms. The summed E-state index contributed by atoms with van der Waals surface area (Å²) < 4.78 is 32.4. The van der Waals surface area contributed by atoms with E-state index in [0.29, 0.717) is 30.0 Å². The number of rotatable bonds is 9. The van der Waals surface area contributed by atoms with Gasteiger partial charge in [0.15, 0.2) is 0 Å². The zero-order valence-corrected chi connectivity index (χ0v) is 16.8. The number of amides is 1. The fourth-order valence-corrected chi connectivity index (χ4v) is 3.75. The van der Waals surface area contributed by atoms with Gasteiger partial charge >= 0.3 is 0 Å². The van der Waals surface area contributed by atoms with Gasteiger partial charge in [-0.15, -0.1) is 0 Å². The Morgan fingerprint density at radius 1 is 1.11 bits per heavy atom. The van der Waals surface area contributed by atoms with E-state index in [4.69, 9.17) is 4.74 Å². The molecule has 2 rings (SSSR count). The average Bonchev–Trinajstić information content (AvgIpc) is 2.68. The lowest BCUT2D eigenvalue weighted by atomic mass is 10.1. The number of nitrogens with zero attached hydrogens (tertiary/aromatic N) is 1. The maximum atomic E-state index is 12.8. The lowest BCUT2D eigenvalue weighted by molar-refractivity contribution is 0.0953. The summed E-state index contributed by atoms with van der Waals surface area (Å²) in [5.41, 5.74) is 1.12. The van der Waals surface area contributed by atoms with Crippen molar-refractivity contribution >= 4 is 15.9 Å². The molecule has 0 radical (unpaired) electrons. The summed E-state index contributed by atoms with van der Waals surface area (Å²) in [5, 5.41) is 2.83. The quantitative estimate of drug-likeness (QED) is 0.714. The minimum absolute atomic E-state index is 0.0987. The molecule has 6 nitrogen and oxygen atoms in total. The molecule has 7 heteroatoms. The lowest BCUT2D eigenvalue weighted by Gasteiger charge is -2.20. The Bertz CT molecular complexity index is 867. The normalized spacial score (nSPS) is 11.4. The Morgan fingerprint density at radius 3 is 2.44 bits per heavy atom. The van der Waals surface area contributed by atoms with Gasteiger partial charge < -0.3 is 10.1 Å². The van der Waals surface area contributed by atoms with E-state index in [0.717, 1.165) is 6.42 Å². The van der Waals surface area contributed by atoms with Gasteiger partial charge in [0.05, 0.1) is 11.5 Å². The number of nitrogens with one attached hydrogen (secondary N) is 1. The highest BCUT2D eigenvalue weighted by Gasteiger charge is 2.22. The third-order valence-corrected chi connectivity index (χ3v) is 5.82. The van der Waals surface area contributed by atoms with Gasteiger partial charge in [-0.2, -0.15) is 4.31 Å². The highest BCUT2D eigenvalue weighted by Crippen LogP contribution is 2.24. The molecule has 0 heterocycles. The molecule has 2 aromatic carbocycles. The van der Waals surface area contributed by atoms with E-state index in [9.17, 15) is 13.2 Å². The van der Waals surface area contributed by atoms with Crippen molar-refractivity contribution in [1.82, 2.24) is 9.62 Å². The molecule has 0 saturated carbocycles. The van der Waals surface area contributed by atoms with Gasteiger partial charge in [-0.05, 0) is 43.7 Å². The summed E-state index contributed by atoms with van der Waals surface area (Å²) in [5.74, 6) is 0.384. The molecule has 0 aliphatic carbocycles. The summed E-state index contributed by atoms with van der Waals surface area (Å²) in [6.45, 7) is 4.97. The average molecular weight is 391 g/mol. The number of sulfonamides is 1. The van der Waals surface area contributed by atoms with Gasteiger partial charge in [0.1, 0.15) is 5.75 Å². The fourth-order valence-electron chi connectivity index (χ4n) is 2.58. The smallest absolute Gasteiger partial charge is 0.251 e. The van der Waals surface area contributed by atoms with E-state index in [1.54, 1.807) is 48.5 Å². The molecule has 146 valence electrons. The molecule has 0 aliphatic rings. The third kappa shape index (κ3) is 5.30. The van der Waals surface area contributed by atoms with Gasteiger partial charge in [0.2, 0.25) is 10.0 Å². The third-order valence-electron chi connectivity index (χ3n) is 4.00. The number of carbonyl (C=O) groups is 1. The highest BCUT2D eigenvalue weighted by molar-refractivity contribution is 7.89. The molecule has 27 heavy (non-hydrogen) atoms. The van der Waals surface area contributed by atoms with Crippen molar-refractivity contribution in [2.24, 2.45) is 0 Å². The van der Waals surface area contributed by atoms with Crippen LogP contribution in [0.25, 0.3) is 0 Å². The number of ether oxygens (including phenoxy) is 1. The first-order valence-corrected chi connectivity index (χ1v) is 10.4. The molecule has 1 amide bonds. The summed E-state index contributed by atoms with van der Waals surface area (Å²) in [4.78, 5) is 12.5. The monoisotopic (exact) mass is 390 g/mol. The molecule has 0 saturated heterocycles. The van der Waals surface area contributed by atoms with Crippen molar-refractivity contribution in [1.29, 1.82) is 0 Å². The van der Waals surface area contributed by atoms with Crippen molar-refractivity contribution in [2.75, 3.05) is 20.2 Å². The van der Waals surface area contributed by atoms with Crippen LogP contribution in [0.5, 0.6) is 5.75 Å². The maximum absolute atomic E-state index is 12.8. The van der Waals surface area contributed by atoms with Crippen molar-refractivity contribution in [2.45, 2.75) is 31.7 Å². The standard InChI is InChI=1S/C20H26N2O4S/c1-4-13-21-20(23)16-11-12-19(26-5-2)17(14-16)15-22(3)27(24,25)18-9-7-6-8-10-18/h6-12,14H,4-5,13,15H2,1-3H3,(H,21,23). The lowest BCUT2D eigenvalue weighted by Crippen LogP contribution is -2.27. The number of benzene rings is 2. The molecular weight excluding hydrogens is 364 g/mol. The van der Waals surface area contributed by atoms with E-state index in [2.05, 4.69) is 5.32 Å². The van der Waals surface area contributed by atoms with Crippen LogP contribution in [0.1, 0.15) is 36.2 Å². The molecule has 0 fully saturated rings. The van der Waals surface area contributed by atoms with Crippen molar-refractivity contribution < 1.29 is 17.9 Å². The molecular formula is C20H26N2O4S. The van der Waals surface area contributed by atoms with Gasteiger partial charge in [0, 0.05) is 31.3 Å². The van der Waals surface area contributed by atoms with E-state index >= 15 is 0 Å². The van der Waals surface area contributed by atoms with Gasteiger partial charge in [-0.1, -0.05) is 25.1 Å². The molecule has 0 unspecified atom stereocenters. The second kappa shape index (κ2) is 9.53. The topological polar surface area (TPSA) is 75.7 Å². The van der Waals surface area contributed by atoms with Crippen LogP contribution < -0.4 is 10.1 Å². The first kappa shape index (κ1) is 20.9. The minimum atomic E-state index is -3.64. The van der Waals surface area contributed by atoms with Crippen molar-refractivity contribution in [3.05, 3.63) is 59.7 Å². The largest absolute Gasteiger partial charge is 0.494 e. The van der Waals surface area contributed by atoms with Gasteiger partial charge in [0.25, 0.3) is 5.91 Å². The summed E-state index contributed by atoms with van der Waals surface area (Å²) in [6, 6.07) is 13.3. The van der Waals surface area contributed by atoms with Crippen LogP contribution in [-0.4, -0.2) is 38.8 Å². The Balaban J connectivity index is 2.30. The minimum Gasteiger partial charge on any atom is -0.494 e. The van der Waals surface area contributed by atoms with E-state index in [-0.39, 0.29) is 17.3 Å². The maximum Gasteiger partial charge on any atom is 0.251 e. The first-order valence-electron chi connectivity index (χ1n) is 8.95. The van der Waals surface area contributed by atoms with Crippen molar-refractivity contribution in [3.8, 4) is 5.75 Å². The Kier molecular flexibility index (Phi) is 7.38. The van der Waals surface area contributed by atoms with E-state index in [1.807, 2.05) is 13.8 Å². The fraction of sp³-hybridized carbons (Fsp3) is 0.350. The van der Waals surface area contributed by atoms with E-state index in [1.165, 1.54) is 11.4 Å². The first-order chi connectivity index (χ1) is 12.9. The Morgan fingerprint density at radius 2 is 1.81 bits per heavy atom. The molecule has 0 aliphatic heterocycles. The summed E-state index contributed by atoms with van der Waals surface area (Å²) >= 11 is 0. The van der Waals surface area contributed by atoms with Crippen LogP contribution in [0.3, 0.4) is 0 Å². The zero-order valence-electron chi connectivity index (χ0n) is 15.9. The zero-order chi connectivity index (χ0) is 19.9. The molecule has 0 spiro atoms. The molecule has 0 aromatic heterocycles. The Labute approximate surface area is 161 Å². The van der Waals surface area contributed by atoms with Crippen LogP contribution >= 0.6 is 0 Å². The SMILES string of the molecule is CCCNC(=O)c1ccc(OCC)c(CN(C)S(=O)(=O)c2ccccc2)c1. The predicted octanol–water partition coefficient (Wildman–Crippen LogP) is 3.05. The number of hydrogen-bond acceptors (Lipinski definition) is 4. The van der Waals surface area contributed by atoms with Crippen LogP contribution in [0.15, 0.2) is 53.4 Å². The summed E-state index contributed by atoms with van der Waals surface area (Å²) in [7, 11) is -2.12. The molecule has 0 atom stereocenters. The summed E-state index contributed by atoms with van der Waals surface area (Å²) in [6.07, 6.45) is 0.841. The van der Waals surface area contributed by atoms with Crippen LogP contribution in [-0.2, 0) is 16.6 Å². The number of carbonyl (C=O) groups excluding carboxylic acids is 1. The van der Waals surface area contributed by atoms with Crippen molar-refractivity contribution in [3.63, 3.8) is 0 Å². The van der Waals surface area contributed by atoms with Gasteiger partial charge in [-0.25, -0.2) is 8.42 Å². The number of hydrogen-bond donors (Lipinski definition) is 1. The second-order valence-corrected chi connectivity index (χ2v) is 8.13. The van der Waals surface area contributed by atoms with Crippen LogP contribution in [0.2, 0.25) is 0 Å². The van der Waals surface area contributed by atoms with Gasteiger partial charge in [-0.3, -0.25) is 4.79 Å². The van der Waals surface area contributed by atoms with E-state index < -0.39 is 10.0 Å². The van der Waals surface area contributed by atoms with Crippen LogP contribution in [0, 0.1) is 0 Å². The molecule has 2 aromatic rings.